The third-order valence-electron chi connectivity index (χ3n) is 2.70. The van der Waals surface area contributed by atoms with Crippen LogP contribution < -0.4 is 0 Å². The number of hydrogen-bond donors (Lipinski definition) is 1. The molecule has 2 atom stereocenters. The summed E-state index contributed by atoms with van der Waals surface area (Å²) in [6, 6.07) is 0. The smallest absolute Gasteiger partial charge is 0.333 e. The van der Waals surface area contributed by atoms with Gasteiger partial charge in [-0.3, -0.25) is 0 Å². The highest BCUT2D eigenvalue weighted by molar-refractivity contribution is 6.49. The summed E-state index contributed by atoms with van der Waals surface area (Å²) in [4.78, 5) is 11.1. The van der Waals surface area contributed by atoms with E-state index in [-0.39, 0.29) is 27.5 Å². The summed E-state index contributed by atoms with van der Waals surface area (Å²) >= 11 is 17.8. The van der Waals surface area contributed by atoms with E-state index in [1.807, 2.05) is 12.2 Å². The Hall–Kier alpha value is -0.440. The van der Waals surface area contributed by atoms with Gasteiger partial charge in [-0.25, -0.2) is 4.79 Å². The van der Waals surface area contributed by atoms with Crippen LogP contribution in [0.2, 0.25) is 0 Å². The zero-order chi connectivity index (χ0) is 11.2. The van der Waals surface area contributed by atoms with Gasteiger partial charge in [0.25, 0.3) is 0 Å². The maximum Gasteiger partial charge on any atom is 0.333 e. The van der Waals surface area contributed by atoms with Crippen LogP contribution in [-0.2, 0) is 4.79 Å². The van der Waals surface area contributed by atoms with Crippen molar-refractivity contribution in [2.45, 2.75) is 6.42 Å². The molecule has 0 bridgehead atoms. The lowest BCUT2D eigenvalue weighted by molar-refractivity contribution is -0.133. The number of carboxylic acids is 1. The van der Waals surface area contributed by atoms with Gasteiger partial charge in [0.05, 0.1) is 15.6 Å². The van der Waals surface area contributed by atoms with E-state index >= 15 is 0 Å². The normalized spacial score (nSPS) is 29.8. The Morgan fingerprint density at radius 1 is 1.33 bits per heavy atom. The van der Waals surface area contributed by atoms with Crippen LogP contribution in [0.15, 0.2) is 32.8 Å². The van der Waals surface area contributed by atoms with Gasteiger partial charge in [-0.2, -0.15) is 0 Å². The monoisotopic (exact) mass is 264 g/mol. The number of rotatable bonds is 1. The third-order valence-corrected chi connectivity index (χ3v) is 4.14. The number of carbonyl (C=O) groups is 1. The van der Waals surface area contributed by atoms with Crippen LogP contribution >= 0.6 is 34.8 Å². The molecule has 2 unspecified atom stereocenters. The lowest BCUT2D eigenvalue weighted by Gasteiger charge is -2.26. The molecule has 1 N–H and O–H groups in total. The van der Waals surface area contributed by atoms with E-state index in [0.29, 0.717) is 11.5 Å². The molecule has 0 fully saturated rings. The number of allylic oxidation sites excluding steroid dienone is 5. The van der Waals surface area contributed by atoms with Gasteiger partial charge in [-0.15, -0.1) is 0 Å². The van der Waals surface area contributed by atoms with Gasteiger partial charge in [-0.1, -0.05) is 47.0 Å². The van der Waals surface area contributed by atoms with Crippen molar-refractivity contribution in [2.24, 2.45) is 11.8 Å². The fraction of sp³-hybridized carbons (Fsp3) is 0.300. The van der Waals surface area contributed by atoms with Crippen molar-refractivity contribution in [3.63, 3.8) is 0 Å². The molecule has 80 valence electrons. The number of fused-ring (bicyclic) bond motifs is 1. The van der Waals surface area contributed by atoms with Gasteiger partial charge >= 0.3 is 5.97 Å². The molecule has 5 heteroatoms. The number of aliphatic carboxylic acids is 1. The molecular weight excluding hydrogens is 258 g/mol. The molecule has 0 saturated carbocycles. The second-order valence-corrected chi connectivity index (χ2v) is 4.65. The van der Waals surface area contributed by atoms with Gasteiger partial charge in [-0.05, 0) is 6.42 Å². The van der Waals surface area contributed by atoms with Crippen LogP contribution in [-0.4, -0.2) is 11.1 Å². The highest BCUT2D eigenvalue weighted by atomic mass is 35.5. The SMILES string of the molecule is O=C(O)C1=C(Cl)C(Cl)=C(Cl)C2CC=CC12. The predicted molar refractivity (Wildman–Crippen MR) is 60.0 cm³/mol. The first-order valence-electron chi connectivity index (χ1n) is 4.39. The summed E-state index contributed by atoms with van der Waals surface area (Å²) in [5, 5.41) is 9.74. The molecule has 0 amide bonds. The van der Waals surface area contributed by atoms with Gasteiger partial charge in [0.1, 0.15) is 0 Å². The van der Waals surface area contributed by atoms with E-state index in [9.17, 15) is 4.79 Å². The molecule has 0 spiro atoms. The molecular formula is C10H7Cl3O2. The van der Waals surface area contributed by atoms with Crippen molar-refractivity contribution in [2.75, 3.05) is 0 Å². The summed E-state index contributed by atoms with van der Waals surface area (Å²) in [6.07, 6.45) is 4.43. The number of halogens is 3. The minimum atomic E-state index is -1.04. The van der Waals surface area contributed by atoms with Crippen LogP contribution in [0.3, 0.4) is 0 Å². The Balaban J connectivity index is 2.58. The van der Waals surface area contributed by atoms with Gasteiger partial charge in [0.15, 0.2) is 0 Å². The minimum absolute atomic E-state index is 0.0574. The summed E-state index contributed by atoms with van der Waals surface area (Å²) in [7, 11) is 0. The van der Waals surface area contributed by atoms with Crippen molar-refractivity contribution < 1.29 is 9.90 Å². The zero-order valence-electron chi connectivity index (χ0n) is 7.51. The van der Waals surface area contributed by atoms with Crippen molar-refractivity contribution >= 4 is 40.8 Å². The molecule has 15 heavy (non-hydrogen) atoms. The topological polar surface area (TPSA) is 37.3 Å². The molecule has 0 aromatic heterocycles. The highest BCUT2D eigenvalue weighted by Crippen LogP contribution is 2.48. The molecule has 0 aromatic rings. The Kier molecular flexibility index (Phi) is 2.84. The second-order valence-electron chi connectivity index (χ2n) is 3.49. The quantitative estimate of drug-likeness (QED) is 0.737. The number of carboxylic acid groups (broad SMARTS) is 1. The molecule has 2 aliphatic carbocycles. The average molecular weight is 266 g/mol. The van der Waals surface area contributed by atoms with E-state index in [2.05, 4.69) is 0 Å². The lowest BCUT2D eigenvalue weighted by Crippen LogP contribution is -2.22. The predicted octanol–water partition coefficient (Wildman–Crippen LogP) is 3.46. The van der Waals surface area contributed by atoms with Crippen molar-refractivity contribution in [3.8, 4) is 0 Å². The van der Waals surface area contributed by atoms with Crippen LogP contribution in [0.5, 0.6) is 0 Å². The van der Waals surface area contributed by atoms with Gasteiger partial charge in [0, 0.05) is 16.9 Å². The lowest BCUT2D eigenvalue weighted by atomic mass is 9.84. The van der Waals surface area contributed by atoms with E-state index in [4.69, 9.17) is 39.9 Å². The van der Waals surface area contributed by atoms with E-state index in [0.717, 1.165) is 0 Å². The van der Waals surface area contributed by atoms with Crippen molar-refractivity contribution in [3.05, 3.63) is 32.8 Å². The third kappa shape index (κ3) is 1.61. The summed E-state index contributed by atoms with van der Waals surface area (Å²) in [5.74, 6) is -1.35. The first-order chi connectivity index (χ1) is 7.04. The van der Waals surface area contributed by atoms with Gasteiger partial charge in [0.2, 0.25) is 0 Å². The van der Waals surface area contributed by atoms with E-state index in [1.54, 1.807) is 0 Å². The van der Waals surface area contributed by atoms with Crippen LogP contribution in [0.4, 0.5) is 0 Å². The van der Waals surface area contributed by atoms with E-state index in [1.165, 1.54) is 0 Å². The molecule has 0 saturated heterocycles. The largest absolute Gasteiger partial charge is 0.478 e. The molecule has 0 aliphatic heterocycles. The molecule has 2 aliphatic rings. The zero-order valence-corrected chi connectivity index (χ0v) is 9.77. The van der Waals surface area contributed by atoms with Crippen LogP contribution in [0.25, 0.3) is 0 Å². The molecule has 2 nitrogen and oxygen atoms in total. The first-order valence-corrected chi connectivity index (χ1v) is 5.52. The van der Waals surface area contributed by atoms with Crippen LogP contribution in [0.1, 0.15) is 6.42 Å². The van der Waals surface area contributed by atoms with Crippen molar-refractivity contribution in [1.29, 1.82) is 0 Å². The Labute approximate surface area is 102 Å². The fourth-order valence-corrected chi connectivity index (χ4v) is 2.90. The Morgan fingerprint density at radius 3 is 2.60 bits per heavy atom. The van der Waals surface area contributed by atoms with Crippen LogP contribution in [0, 0.1) is 11.8 Å². The van der Waals surface area contributed by atoms with Crippen molar-refractivity contribution in [1.82, 2.24) is 0 Å². The molecule has 0 heterocycles. The summed E-state index contributed by atoms with van der Waals surface area (Å²) in [6.45, 7) is 0. The minimum Gasteiger partial charge on any atom is -0.478 e. The maximum absolute atomic E-state index is 11.1. The fourth-order valence-electron chi connectivity index (χ4n) is 1.98. The summed E-state index contributed by atoms with van der Waals surface area (Å²) in [5.41, 5.74) is 0.143. The second kappa shape index (κ2) is 3.85. The van der Waals surface area contributed by atoms with Gasteiger partial charge < -0.3 is 5.11 Å². The Morgan fingerprint density at radius 2 is 2.00 bits per heavy atom. The molecule has 0 radical (unpaired) electrons. The summed E-state index contributed by atoms with van der Waals surface area (Å²) < 4.78 is 0. The Bertz CT molecular complexity index is 420. The molecule has 2 rings (SSSR count). The van der Waals surface area contributed by atoms with E-state index < -0.39 is 5.97 Å². The average Bonchev–Trinajstić information content (AvgIpc) is 2.62. The molecule has 0 aromatic carbocycles. The first kappa shape index (κ1) is 11.1. The standard InChI is InChI=1S/C10H7Cl3O2/c11-7-5-3-1-2-4(5)6(10(14)15)8(12)9(7)13/h1-2,4-5H,3H2,(H,14,15). The number of hydrogen-bond acceptors (Lipinski definition) is 1. The highest BCUT2D eigenvalue weighted by Gasteiger charge is 2.39. The maximum atomic E-state index is 11.1.